The molecule has 0 saturated heterocycles. The van der Waals surface area contributed by atoms with Crippen LogP contribution in [0.5, 0.6) is 5.75 Å². The van der Waals surface area contributed by atoms with E-state index >= 15 is 0 Å². The lowest BCUT2D eigenvalue weighted by Gasteiger charge is -2.16. The molecule has 1 aromatic rings. The highest BCUT2D eigenvalue weighted by atomic mass is 79.9. The summed E-state index contributed by atoms with van der Waals surface area (Å²) in [6, 6.07) is 2.88. The molecule has 16 heavy (non-hydrogen) atoms. The van der Waals surface area contributed by atoms with Crippen molar-refractivity contribution in [1.29, 1.82) is 0 Å². The molecule has 3 N–H and O–H groups in total. The third-order valence-electron chi connectivity index (χ3n) is 2.23. The van der Waals surface area contributed by atoms with Crippen LogP contribution in [0.15, 0.2) is 16.6 Å². The van der Waals surface area contributed by atoms with Gasteiger partial charge >= 0.3 is 0 Å². The first kappa shape index (κ1) is 15.7. The molecule has 92 valence electrons. The fraction of sp³-hybridized carbons (Fsp3) is 0.455. The minimum atomic E-state index is -0.647. The van der Waals surface area contributed by atoms with Crippen LogP contribution >= 0.6 is 28.3 Å². The predicted octanol–water partition coefficient (Wildman–Crippen LogP) is 3.76. The average Bonchev–Trinajstić information content (AvgIpc) is 2.13. The number of phenolic OH excluding ortho intramolecular Hbond substituents is 1. The van der Waals surface area contributed by atoms with E-state index < -0.39 is 5.82 Å². The molecule has 2 nitrogen and oxygen atoms in total. The molecule has 0 heterocycles. The van der Waals surface area contributed by atoms with Crippen molar-refractivity contribution in [2.75, 3.05) is 0 Å². The minimum Gasteiger partial charge on any atom is -0.505 e. The first-order valence-electron chi connectivity index (χ1n) is 4.86. The van der Waals surface area contributed by atoms with Crippen molar-refractivity contribution in [3.8, 4) is 5.75 Å². The SMILES string of the molecule is CC(C)C[C@H](N)c1ccc(Br)c(F)c1O.Cl. The van der Waals surface area contributed by atoms with E-state index in [1.54, 1.807) is 12.1 Å². The summed E-state index contributed by atoms with van der Waals surface area (Å²) in [5.41, 5.74) is 6.34. The standard InChI is InChI=1S/C11H15BrFNO.ClH/c1-6(2)5-9(14)7-3-4-8(12)10(13)11(7)15;/h3-4,6,9,15H,5,14H2,1-2H3;1H/t9-;/m0./s1. The molecule has 0 saturated carbocycles. The molecule has 1 rings (SSSR count). The molecule has 0 aromatic heterocycles. The molecule has 5 heteroatoms. The number of rotatable bonds is 3. The van der Waals surface area contributed by atoms with E-state index in [1.807, 2.05) is 13.8 Å². The van der Waals surface area contributed by atoms with Crippen LogP contribution in [0, 0.1) is 11.7 Å². The monoisotopic (exact) mass is 311 g/mol. The molecule has 0 fully saturated rings. The van der Waals surface area contributed by atoms with Gasteiger partial charge in [0.05, 0.1) is 4.47 Å². The van der Waals surface area contributed by atoms with Crippen molar-refractivity contribution >= 4 is 28.3 Å². The van der Waals surface area contributed by atoms with Crippen LogP contribution in [0.1, 0.15) is 31.9 Å². The molecular formula is C11H16BrClFNO. The van der Waals surface area contributed by atoms with E-state index in [0.29, 0.717) is 17.9 Å². The van der Waals surface area contributed by atoms with Crippen LogP contribution in [-0.2, 0) is 0 Å². The van der Waals surface area contributed by atoms with Gasteiger partial charge < -0.3 is 10.8 Å². The molecule has 0 unspecified atom stereocenters. The van der Waals surface area contributed by atoms with Gasteiger partial charge in [-0.15, -0.1) is 12.4 Å². The van der Waals surface area contributed by atoms with Gasteiger partial charge in [-0.1, -0.05) is 19.9 Å². The van der Waals surface area contributed by atoms with Gasteiger partial charge in [0, 0.05) is 11.6 Å². The van der Waals surface area contributed by atoms with Crippen molar-refractivity contribution < 1.29 is 9.50 Å². The predicted molar refractivity (Wildman–Crippen MR) is 69.4 cm³/mol. The van der Waals surface area contributed by atoms with Crippen LogP contribution < -0.4 is 5.73 Å². The third-order valence-corrected chi connectivity index (χ3v) is 2.84. The normalized spacial score (nSPS) is 12.4. The highest BCUT2D eigenvalue weighted by Crippen LogP contribution is 2.32. The maximum absolute atomic E-state index is 13.3. The van der Waals surface area contributed by atoms with Gasteiger partial charge in [-0.25, -0.2) is 4.39 Å². The van der Waals surface area contributed by atoms with E-state index in [0.717, 1.165) is 0 Å². The maximum Gasteiger partial charge on any atom is 0.179 e. The third kappa shape index (κ3) is 3.61. The summed E-state index contributed by atoms with van der Waals surface area (Å²) in [6.45, 7) is 4.07. The Hall–Kier alpha value is -0.320. The molecule has 0 spiro atoms. The van der Waals surface area contributed by atoms with E-state index in [-0.39, 0.29) is 28.7 Å². The van der Waals surface area contributed by atoms with Crippen molar-refractivity contribution in [2.24, 2.45) is 11.7 Å². The second-order valence-electron chi connectivity index (χ2n) is 4.04. The summed E-state index contributed by atoms with van der Waals surface area (Å²) >= 11 is 3.00. The van der Waals surface area contributed by atoms with Gasteiger partial charge in [-0.2, -0.15) is 0 Å². The molecule has 0 aliphatic heterocycles. The summed E-state index contributed by atoms with van der Waals surface area (Å²) in [6.07, 6.45) is 0.717. The fourth-order valence-electron chi connectivity index (χ4n) is 1.49. The first-order valence-corrected chi connectivity index (χ1v) is 5.65. The number of aromatic hydroxyl groups is 1. The molecule has 1 atom stereocenters. The van der Waals surface area contributed by atoms with Gasteiger partial charge in [-0.3, -0.25) is 0 Å². The van der Waals surface area contributed by atoms with Gasteiger partial charge in [0.1, 0.15) is 0 Å². The number of halogens is 3. The Balaban J connectivity index is 0.00000225. The van der Waals surface area contributed by atoms with Crippen LogP contribution in [0.25, 0.3) is 0 Å². The fourth-order valence-corrected chi connectivity index (χ4v) is 1.81. The topological polar surface area (TPSA) is 46.2 Å². The molecular weight excluding hydrogens is 296 g/mol. The zero-order valence-corrected chi connectivity index (χ0v) is 11.6. The van der Waals surface area contributed by atoms with Crippen LogP contribution in [0.2, 0.25) is 0 Å². The summed E-state index contributed by atoms with van der Waals surface area (Å²) in [5, 5.41) is 9.58. The molecule has 0 amide bonds. The Morgan fingerprint density at radius 3 is 2.50 bits per heavy atom. The lowest BCUT2D eigenvalue weighted by atomic mass is 9.97. The molecule has 0 aliphatic rings. The zero-order chi connectivity index (χ0) is 11.6. The summed E-state index contributed by atoms with van der Waals surface area (Å²) in [5.74, 6) is -0.588. The van der Waals surface area contributed by atoms with Crippen molar-refractivity contribution in [2.45, 2.75) is 26.3 Å². The molecule has 1 aromatic carbocycles. The smallest absolute Gasteiger partial charge is 0.179 e. The summed E-state index contributed by atoms with van der Waals surface area (Å²) < 4.78 is 13.6. The van der Waals surface area contributed by atoms with Crippen LogP contribution in [0.3, 0.4) is 0 Å². The zero-order valence-electron chi connectivity index (χ0n) is 9.21. The highest BCUT2D eigenvalue weighted by Gasteiger charge is 2.17. The first-order chi connectivity index (χ1) is 6.93. The Morgan fingerprint density at radius 1 is 1.44 bits per heavy atom. The Morgan fingerprint density at radius 2 is 2.00 bits per heavy atom. The maximum atomic E-state index is 13.3. The van der Waals surface area contributed by atoms with Gasteiger partial charge in [0.2, 0.25) is 0 Å². The van der Waals surface area contributed by atoms with Gasteiger partial charge in [-0.05, 0) is 34.3 Å². The number of hydrogen-bond acceptors (Lipinski definition) is 2. The summed E-state index contributed by atoms with van der Waals surface area (Å²) in [7, 11) is 0. The van der Waals surface area contributed by atoms with Crippen LogP contribution in [-0.4, -0.2) is 5.11 Å². The average molecular weight is 313 g/mol. The lowest BCUT2D eigenvalue weighted by molar-refractivity contribution is 0.410. The molecule has 0 radical (unpaired) electrons. The van der Waals surface area contributed by atoms with Crippen LogP contribution in [0.4, 0.5) is 4.39 Å². The summed E-state index contributed by atoms with van der Waals surface area (Å²) in [4.78, 5) is 0. The Labute approximate surface area is 110 Å². The number of benzene rings is 1. The van der Waals surface area contributed by atoms with Gasteiger partial charge in [0.15, 0.2) is 11.6 Å². The van der Waals surface area contributed by atoms with E-state index in [2.05, 4.69) is 15.9 Å². The van der Waals surface area contributed by atoms with Crippen molar-refractivity contribution in [3.63, 3.8) is 0 Å². The second kappa shape index (κ2) is 6.42. The Bertz CT molecular complexity index is 360. The van der Waals surface area contributed by atoms with Crippen molar-refractivity contribution in [3.05, 3.63) is 28.0 Å². The highest BCUT2D eigenvalue weighted by molar-refractivity contribution is 9.10. The van der Waals surface area contributed by atoms with E-state index in [9.17, 15) is 9.50 Å². The molecule has 0 aliphatic carbocycles. The quantitative estimate of drug-likeness (QED) is 0.892. The van der Waals surface area contributed by atoms with Crippen molar-refractivity contribution in [1.82, 2.24) is 0 Å². The van der Waals surface area contributed by atoms with E-state index in [1.165, 1.54) is 0 Å². The lowest BCUT2D eigenvalue weighted by Crippen LogP contribution is -2.13. The second-order valence-corrected chi connectivity index (χ2v) is 4.89. The largest absolute Gasteiger partial charge is 0.505 e. The van der Waals surface area contributed by atoms with E-state index in [4.69, 9.17) is 5.73 Å². The number of nitrogens with two attached hydrogens (primary N) is 1. The number of phenols is 1. The minimum absolute atomic E-state index is 0. The van der Waals surface area contributed by atoms with Gasteiger partial charge in [0.25, 0.3) is 0 Å². The number of hydrogen-bond donors (Lipinski definition) is 2. The Kier molecular flexibility index (Phi) is 6.30. The molecule has 0 bridgehead atoms.